The summed E-state index contributed by atoms with van der Waals surface area (Å²) >= 11 is 0. The van der Waals surface area contributed by atoms with Crippen LogP contribution < -0.4 is 10.0 Å². The zero-order valence-corrected chi connectivity index (χ0v) is 13.4. The number of nitrogens with one attached hydrogen (secondary N) is 2. The summed E-state index contributed by atoms with van der Waals surface area (Å²) in [4.78, 5) is 0.247. The molecule has 0 fully saturated rings. The maximum Gasteiger partial charge on any atom is 0.243 e. The van der Waals surface area contributed by atoms with Crippen LogP contribution in [0.1, 0.15) is 39.5 Å². The van der Waals surface area contributed by atoms with E-state index in [1.807, 2.05) is 14.0 Å². The van der Waals surface area contributed by atoms with Crippen LogP contribution in [0.3, 0.4) is 0 Å². The molecule has 0 bridgehead atoms. The molecule has 6 nitrogen and oxygen atoms in total. The minimum Gasteiger partial charge on any atom is -0.320 e. The predicted molar refractivity (Wildman–Crippen MR) is 80.1 cm³/mol. The fraction of sp³-hybridized carbons (Fsp3) is 0.769. The molecule has 0 spiro atoms. The molecular formula is C13H26N4O2S. The van der Waals surface area contributed by atoms with Gasteiger partial charge < -0.3 is 5.32 Å². The molecule has 0 amide bonds. The van der Waals surface area contributed by atoms with Crippen molar-refractivity contribution in [1.29, 1.82) is 0 Å². The van der Waals surface area contributed by atoms with Crippen molar-refractivity contribution in [3.05, 3.63) is 12.4 Å². The van der Waals surface area contributed by atoms with Gasteiger partial charge in [0.25, 0.3) is 0 Å². The van der Waals surface area contributed by atoms with Gasteiger partial charge in [-0.25, -0.2) is 13.1 Å². The summed E-state index contributed by atoms with van der Waals surface area (Å²) in [5.74, 6) is 0. The van der Waals surface area contributed by atoms with Crippen molar-refractivity contribution in [3.63, 3.8) is 0 Å². The highest BCUT2D eigenvalue weighted by molar-refractivity contribution is 7.89. The first-order valence-corrected chi connectivity index (χ1v) is 8.71. The number of nitrogens with zero attached hydrogens (tertiary/aromatic N) is 2. The van der Waals surface area contributed by atoms with Gasteiger partial charge in [0.05, 0.1) is 6.20 Å². The van der Waals surface area contributed by atoms with Crippen LogP contribution >= 0.6 is 0 Å². The second-order valence-corrected chi connectivity index (χ2v) is 6.63. The SMILES string of the molecule is CCCC(CC)NS(=O)(=O)c1cnn(CCCNC)c1. The Hall–Kier alpha value is -0.920. The number of rotatable bonds is 10. The molecule has 1 aromatic heterocycles. The first-order valence-electron chi connectivity index (χ1n) is 7.22. The Kier molecular flexibility index (Phi) is 7.18. The van der Waals surface area contributed by atoms with E-state index in [4.69, 9.17) is 0 Å². The molecule has 1 aromatic rings. The number of sulfonamides is 1. The lowest BCUT2D eigenvalue weighted by atomic mass is 10.1. The zero-order chi connectivity index (χ0) is 15.0. The van der Waals surface area contributed by atoms with Crippen molar-refractivity contribution in [1.82, 2.24) is 19.8 Å². The smallest absolute Gasteiger partial charge is 0.243 e. The van der Waals surface area contributed by atoms with Gasteiger partial charge in [-0.15, -0.1) is 0 Å². The molecule has 1 heterocycles. The van der Waals surface area contributed by atoms with E-state index in [0.717, 1.165) is 32.2 Å². The Labute approximate surface area is 122 Å². The van der Waals surface area contributed by atoms with Crippen molar-refractivity contribution in [2.24, 2.45) is 0 Å². The fourth-order valence-electron chi connectivity index (χ4n) is 2.01. The van der Waals surface area contributed by atoms with E-state index in [0.29, 0.717) is 6.54 Å². The Morgan fingerprint density at radius 3 is 2.75 bits per heavy atom. The molecule has 0 saturated carbocycles. The predicted octanol–water partition coefficient (Wildman–Crippen LogP) is 1.35. The minimum atomic E-state index is -3.45. The maximum absolute atomic E-state index is 12.2. The normalized spacial score (nSPS) is 13.6. The maximum atomic E-state index is 12.2. The summed E-state index contributed by atoms with van der Waals surface area (Å²) < 4.78 is 28.9. The summed E-state index contributed by atoms with van der Waals surface area (Å²) in [5, 5.41) is 7.15. The quantitative estimate of drug-likeness (QED) is 0.640. The van der Waals surface area contributed by atoms with Crippen molar-refractivity contribution in [2.75, 3.05) is 13.6 Å². The summed E-state index contributed by atoms with van der Waals surface area (Å²) in [6.45, 7) is 5.64. The van der Waals surface area contributed by atoms with Crippen LogP contribution in [-0.2, 0) is 16.6 Å². The van der Waals surface area contributed by atoms with Crippen LogP contribution in [0.5, 0.6) is 0 Å². The van der Waals surface area contributed by atoms with E-state index in [1.54, 1.807) is 10.9 Å². The molecule has 0 aliphatic carbocycles. The van der Waals surface area contributed by atoms with Gasteiger partial charge in [0.1, 0.15) is 4.90 Å². The van der Waals surface area contributed by atoms with Crippen LogP contribution in [0, 0.1) is 0 Å². The third-order valence-corrected chi connectivity index (χ3v) is 4.66. The number of hydrogen-bond acceptors (Lipinski definition) is 4. The van der Waals surface area contributed by atoms with Gasteiger partial charge in [-0.05, 0) is 32.9 Å². The van der Waals surface area contributed by atoms with Gasteiger partial charge in [-0.1, -0.05) is 20.3 Å². The van der Waals surface area contributed by atoms with Crippen molar-refractivity contribution < 1.29 is 8.42 Å². The highest BCUT2D eigenvalue weighted by Crippen LogP contribution is 2.11. The standard InChI is InChI=1S/C13H26N4O2S/c1-4-7-12(5-2)16-20(18,19)13-10-15-17(11-13)9-6-8-14-3/h10-12,14,16H,4-9H2,1-3H3. The van der Waals surface area contributed by atoms with Crippen LogP contribution in [0.15, 0.2) is 17.3 Å². The van der Waals surface area contributed by atoms with E-state index in [9.17, 15) is 8.42 Å². The van der Waals surface area contributed by atoms with E-state index >= 15 is 0 Å². The van der Waals surface area contributed by atoms with Gasteiger partial charge in [-0.2, -0.15) is 5.10 Å². The summed E-state index contributed by atoms with van der Waals surface area (Å²) in [5.41, 5.74) is 0. The molecule has 0 aromatic carbocycles. The van der Waals surface area contributed by atoms with Gasteiger partial charge in [0.2, 0.25) is 10.0 Å². The largest absolute Gasteiger partial charge is 0.320 e. The second kappa shape index (κ2) is 8.39. The molecule has 0 radical (unpaired) electrons. The van der Waals surface area contributed by atoms with Gasteiger partial charge >= 0.3 is 0 Å². The average molecular weight is 302 g/mol. The molecular weight excluding hydrogens is 276 g/mol. The molecule has 0 aliphatic rings. The lowest BCUT2D eigenvalue weighted by Crippen LogP contribution is -2.34. The average Bonchev–Trinajstić information content (AvgIpc) is 2.88. The molecule has 2 N–H and O–H groups in total. The molecule has 1 atom stereocenters. The molecule has 0 aliphatic heterocycles. The third-order valence-electron chi connectivity index (χ3n) is 3.19. The molecule has 0 saturated heterocycles. The molecule has 1 unspecified atom stereocenters. The molecule has 7 heteroatoms. The summed E-state index contributed by atoms with van der Waals surface area (Å²) in [6.07, 6.45) is 6.54. The zero-order valence-electron chi connectivity index (χ0n) is 12.6. The van der Waals surface area contributed by atoms with Crippen molar-refractivity contribution in [2.45, 2.75) is 57.0 Å². The topological polar surface area (TPSA) is 76.0 Å². The van der Waals surface area contributed by atoms with Crippen LogP contribution in [0.2, 0.25) is 0 Å². The number of aromatic nitrogens is 2. The van der Waals surface area contributed by atoms with E-state index in [-0.39, 0.29) is 10.9 Å². The molecule has 116 valence electrons. The Bertz CT molecular complexity index is 484. The van der Waals surface area contributed by atoms with Gasteiger partial charge in [0, 0.05) is 18.8 Å². The monoisotopic (exact) mass is 302 g/mol. The number of aryl methyl sites for hydroxylation is 1. The highest BCUT2D eigenvalue weighted by atomic mass is 32.2. The number of hydrogen-bond donors (Lipinski definition) is 2. The summed E-state index contributed by atoms with van der Waals surface area (Å²) in [7, 11) is -1.56. The minimum absolute atomic E-state index is 0.00218. The van der Waals surface area contributed by atoms with Gasteiger partial charge in [-0.3, -0.25) is 4.68 Å². The Balaban J connectivity index is 2.67. The van der Waals surface area contributed by atoms with Crippen LogP contribution in [0.4, 0.5) is 0 Å². The lowest BCUT2D eigenvalue weighted by Gasteiger charge is -2.15. The van der Waals surface area contributed by atoms with E-state index in [2.05, 4.69) is 22.1 Å². The van der Waals surface area contributed by atoms with Gasteiger partial charge in [0.15, 0.2) is 0 Å². The molecule has 1 rings (SSSR count). The van der Waals surface area contributed by atoms with Crippen LogP contribution in [0.25, 0.3) is 0 Å². The van der Waals surface area contributed by atoms with Crippen molar-refractivity contribution >= 4 is 10.0 Å². The first kappa shape index (κ1) is 17.1. The van der Waals surface area contributed by atoms with E-state index < -0.39 is 10.0 Å². The van der Waals surface area contributed by atoms with Crippen LogP contribution in [-0.4, -0.2) is 37.8 Å². The fourth-order valence-corrected chi connectivity index (χ4v) is 3.31. The first-order chi connectivity index (χ1) is 9.53. The third kappa shape index (κ3) is 5.22. The Morgan fingerprint density at radius 2 is 2.15 bits per heavy atom. The Morgan fingerprint density at radius 1 is 1.40 bits per heavy atom. The van der Waals surface area contributed by atoms with E-state index in [1.165, 1.54) is 6.20 Å². The summed E-state index contributed by atoms with van der Waals surface area (Å²) in [6, 6.07) is -0.00218. The highest BCUT2D eigenvalue weighted by Gasteiger charge is 2.20. The van der Waals surface area contributed by atoms with Crippen molar-refractivity contribution in [3.8, 4) is 0 Å². The lowest BCUT2D eigenvalue weighted by molar-refractivity contribution is 0.512. The second-order valence-electron chi connectivity index (χ2n) is 4.91. The molecule has 20 heavy (non-hydrogen) atoms.